The summed E-state index contributed by atoms with van der Waals surface area (Å²) in [6.45, 7) is 2.01. The van der Waals surface area contributed by atoms with Crippen molar-refractivity contribution >= 4 is 22.2 Å². The van der Waals surface area contributed by atoms with Gasteiger partial charge in [-0.2, -0.15) is 13.2 Å². The minimum Gasteiger partial charge on any atom is -0.347 e. The summed E-state index contributed by atoms with van der Waals surface area (Å²) >= 11 is 1.46. The fourth-order valence-corrected chi connectivity index (χ4v) is 3.86. The molecule has 2 aromatic heterocycles. The Kier molecular flexibility index (Phi) is 4.87. The standard InChI is InChI=1S/C21H16F3N3OS/c1-13-5-7-15(8-6-13)18-12-27-11-17(26-20(27)29-18)19(28)25-10-14-3-2-4-16(9-14)21(22,23)24/h2-9,11-12H,10H2,1H3,(H,25,28). The van der Waals surface area contributed by atoms with Crippen LogP contribution in [0.4, 0.5) is 13.2 Å². The van der Waals surface area contributed by atoms with Gasteiger partial charge in [0.15, 0.2) is 4.96 Å². The molecule has 0 spiro atoms. The Morgan fingerprint density at radius 3 is 2.59 bits per heavy atom. The molecule has 0 atom stereocenters. The van der Waals surface area contributed by atoms with Crippen LogP contribution in [0.25, 0.3) is 15.4 Å². The van der Waals surface area contributed by atoms with E-state index in [-0.39, 0.29) is 12.2 Å². The number of hydrogen-bond donors (Lipinski definition) is 1. The lowest BCUT2D eigenvalue weighted by molar-refractivity contribution is -0.137. The largest absolute Gasteiger partial charge is 0.416 e. The number of nitrogens with zero attached hydrogens (tertiary/aromatic N) is 2. The van der Waals surface area contributed by atoms with Crippen molar-refractivity contribution in [3.8, 4) is 10.4 Å². The van der Waals surface area contributed by atoms with Gasteiger partial charge in [0.05, 0.1) is 10.4 Å². The number of carbonyl (C=O) groups excluding carboxylic acids is 1. The molecular weight excluding hydrogens is 399 g/mol. The molecule has 0 saturated heterocycles. The van der Waals surface area contributed by atoms with Gasteiger partial charge in [0.1, 0.15) is 5.69 Å². The highest BCUT2D eigenvalue weighted by Crippen LogP contribution is 2.30. The Labute approximate surface area is 168 Å². The summed E-state index contributed by atoms with van der Waals surface area (Å²) in [4.78, 5) is 18.4. The van der Waals surface area contributed by atoms with Crippen LogP contribution in [0.1, 0.15) is 27.2 Å². The number of nitrogens with one attached hydrogen (secondary N) is 1. The van der Waals surface area contributed by atoms with Crippen molar-refractivity contribution in [3.63, 3.8) is 0 Å². The highest BCUT2D eigenvalue weighted by Gasteiger charge is 2.30. The molecule has 1 amide bonds. The van der Waals surface area contributed by atoms with E-state index >= 15 is 0 Å². The van der Waals surface area contributed by atoms with Crippen LogP contribution in [0.5, 0.6) is 0 Å². The van der Waals surface area contributed by atoms with E-state index in [2.05, 4.69) is 10.3 Å². The summed E-state index contributed by atoms with van der Waals surface area (Å²) < 4.78 is 40.1. The quantitative estimate of drug-likeness (QED) is 0.490. The highest BCUT2D eigenvalue weighted by atomic mass is 32.1. The number of thiazole rings is 1. The van der Waals surface area contributed by atoms with Crippen molar-refractivity contribution < 1.29 is 18.0 Å². The summed E-state index contributed by atoms with van der Waals surface area (Å²) in [6.07, 6.45) is -0.893. The van der Waals surface area contributed by atoms with Crippen molar-refractivity contribution in [2.45, 2.75) is 19.6 Å². The molecule has 0 aliphatic heterocycles. The first kappa shape index (κ1) is 19.2. The average molecular weight is 415 g/mol. The number of rotatable bonds is 4. The number of benzene rings is 2. The minimum atomic E-state index is -4.41. The minimum absolute atomic E-state index is 0.0114. The van der Waals surface area contributed by atoms with E-state index in [1.165, 1.54) is 29.0 Å². The zero-order valence-electron chi connectivity index (χ0n) is 15.3. The van der Waals surface area contributed by atoms with E-state index in [0.717, 1.165) is 22.6 Å². The van der Waals surface area contributed by atoms with Crippen molar-refractivity contribution in [3.05, 3.63) is 83.3 Å². The SMILES string of the molecule is Cc1ccc(-c2cn3cc(C(=O)NCc4cccc(C(F)(F)F)c4)nc3s2)cc1. The molecule has 1 N–H and O–H groups in total. The first-order valence-corrected chi connectivity index (χ1v) is 9.61. The van der Waals surface area contributed by atoms with Crippen LogP contribution in [0.2, 0.25) is 0 Å². The molecule has 4 nitrogen and oxygen atoms in total. The fraction of sp³-hybridized carbons (Fsp3) is 0.143. The maximum absolute atomic E-state index is 12.8. The topological polar surface area (TPSA) is 46.4 Å². The van der Waals surface area contributed by atoms with Crippen LogP contribution >= 0.6 is 11.3 Å². The van der Waals surface area contributed by atoms with Crippen LogP contribution < -0.4 is 5.32 Å². The van der Waals surface area contributed by atoms with E-state index in [9.17, 15) is 18.0 Å². The number of aryl methyl sites for hydroxylation is 1. The molecule has 0 bridgehead atoms. The van der Waals surface area contributed by atoms with E-state index in [1.807, 2.05) is 37.4 Å². The molecule has 0 unspecified atom stereocenters. The van der Waals surface area contributed by atoms with Gasteiger partial charge in [0.2, 0.25) is 0 Å². The van der Waals surface area contributed by atoms with E-state index in [0.29, 0.717) is 10.5 Å². The molecule has 0 aliphatic carbocycles. The molecule has 0 aliphatic rings. The summed E-state index contributed by atoms with van der Waals surface area (Å²) in [7, 11) is 0. The number of fused-ring (bicyclic) bond motifs is 1. The maximum Gasteiger partial charge on any atom is 0.416 e. The fourth-order valence-electron chi connectivity index (χ4n) is 2.89. The second kappa shape index (κ2) is 7.36. The molecule has 0 fully saturated rings. The lowest BCUT2D eigenvalue weighted by Crippen LogP contribution is -2.23. The van der Waals surface area contributed by atoms with Crippen LogP contribution in [0.3, 0.4) is 0 Å². The van der Waals surface area contributed by atoms with Gasteiger partial charge < -0.3 is 5.32 Å². The van der Waals surface area contributed by atoms with E-state index < -0.39 is 17.6 Å². The molecule has 0 saturated carbocycles. The molecule has 2 heterocycles. The van der Waals surface area contributed by atoms with Crippen molar-refractivity contribution in [1.82, 2.24) is 14.7 Å². The van der Waals surface area contributed by atoms with Crippen molar-refractivity contribution in [1.29, 1.82) is 0 Å². The van der Waals surface area contributed by atoms with Gasteiger partial charge >= 0.3 is 6.18 Å². The number of halogens is 3. The van der Waals surface area contributed by atoms with E-state index in [1.54, 1.807) is 10.6 Å². The molecule has 2 aromatic carbocycles. The Morgan fingerprint density at radius 2 is 1.90 bits per heavy atom. The zero-order valence-corrected chi connectivity index (χ0v) is 16.1. The Hall–Kier alpha value is -3.13. The molecule has 4 rings (SSSR count). The zero-order chi connectivity index (χ0) is 20.6. The van der Waals surface area contributed by atoms with E-state index in [4.69, 9.17) is 0 Å². The van der Waals surface area contributed by atoms with Crippen LogP contribution in [0.15, 0.2) is 60.9 Å². The second-order valence-corrected chi connectivity index (χ2v) is 7.67. The van der Waals surface area contributed by atoms with Gasteiger partial charge in [-0.15, -0.1) is 0 Å². The normalized spacial score (nSPS) is 11.7. The number of hydrogen-bond acceptors (Lipinski definition) is 3. The first-order valence-electron chi connectivity index (χ1n) is 8.79. The molecule has 4 aromatic rings. The number of amides is 1. The Bertz CT molecular complexity index is 1140. The van der Waals surface area contributed by atoms with Gasteiger partial charge in [0.25, 0.3) is 5.91 Å². The summed E-state index contributed by atoms with van der Waals surface area (Å²) in [5.41, 5.74) is 2.10. The number of imidazole rings is 1. The third-order valence-corrected chi connectivity index (χ3v) is 5.48. The lowest BCUT2D eigenvalue weighted by Gasteiger charge is -2.09. The van der Waals surface area contributed by atoms with Crippen molar-refractivity contribution in [2.75, 3.05) is 0 Å². The van der Waals surface area contributed by atoms with Gasteiger partial charge in [0, 0.05) is 18.9 Å². The molecule has 0 radical (unpaired) electrons. The molecule has 29 heavy (non-hydrogen) atoms. The molecular formula is C21H16F3N3OS. The summed E-state index contributed by atoms with van der Waals surface area (Å²) in [5, 5.41) is 2.62. The Balaban J connectivity index is 1.46. The van der Waals surface area contributed by atoms with Gasteiger partial charge in [-0.05, 0) is 30.2 Å². The molecule has 148 valence electrons. The van der Waals surface area contributed by atoms with Crippen LogP contribution in [0, 0.1) is 6.92 Å². The van der Waals surface area contributed by atoms with Crippen molar-refractivity contribution in [2.24, 2.45) is 0 Å². The van der Waals surface area contributed by atoms with Gasteiger partial charge in [-0.25, -0.2) is 4.98 Å². The number of alkyl halides is 3. The maximum atomic E-state index is 12.8. The summed E-state index contributed by atoms with van der Waals surface area (Å²) in [6, 6.07) is 13.0. The second-order valence-electron chi connectivity index (χ2n) is 6.66. The third kappa shape index (κ3) is 4.17. The molecule has 8 heteroatoms. The average Bonchev–Trinajstić information content (AvgIpc) is 3.25. The Morgan fingerprint density at radius 1 is 1.14 bits per heavy atom. The highest BCUT2D eigenvalue weighted by molar-refractivity contribution is 7.20. The lowest BCUT2D eigenvalue weighted by atomic mass is 10.1. The number of aromatic nitrogens is 2. The van der Waals surface area contributed by atoms with Gasteiger partial charge in [-0.3, -0.25) is 9.20 Å². The van der Waals surface area contributed by atoms with Gasteiger partial charge in [-0.1, -0.05) is 53.3 Å². The summed E-state index contributed by atoms with van der Waals surface area (Å²) in [5.74, 6) is -0.435. The van der Waals surface area contributed by atoms with Crippen LogP contribution in [-0.4, -0.2) is 15.3 Å². The smallest absolute Gasteiger partial charge is 0.347 e. The monoisotopic (exact) mass is 415 g/mol. The third-order valence-electron chi connectivity index (χ3n) is 4.43. The predicted octanol–water partition coefficient (Wildman–Crippen LogP) is 5.32. The number of carbonyl (C=O) groups is 1. The first-order chi connectivity index (χ1) is 13.8. The predicted molar refractivity (Wildman–Crippen MR) is 106 cm³/mol. The van der Waals surface area contributed by atoms with Crippen LogP contribution in [-0.2, 0) is 12.7 Å².